The van der Waals surface area contributed by atoms with Crippen LogP contribution in [0.25, 0.3) is 0 Å². The first-order chi connectivity index (χ1) is 7.75. The first-order valence-electron chi connectivity index (χ1n) is 5.85. The van der Waals surface area contributed by atoms with Crippen LogP contribution in [0.1, 0.15) is 31.4 Å². The molecule has 0 bridgehead atoms. The second-order valence-corrected chi connectivity index (χ2v) is 5.94. The smallest absolute Gasteiger partial charge is 0.0409 e. The van der Waals surface area contributed by atoms with Crippen LogP contribution < -0.4 is 5.32 Å². The molecule has 1 saturated heterocycles. The Morgan fingerprint density at radius 1 is 1.50 bits per heavy atom. The molecule has 0 saturated carbocycles. The van der Waals surface area contributed by atoms with E-state index in [4.69, 9.17) is 11.6 Å². The maximum absolute atomic E-state index is 6.00. The fourth-order valence-electron chi connectivity index (χ4n) is 2.10. The molecule has 0 aromatic heterocycles. The Kier molecular flexibility index (Phi) is 4.56. The predicted octanol–water partition coefficient (Wildman–Crippen LogP) is 3.89. The minimum absolute atomic E-state index is 0.391. The molecule has 1 fully saturated rings. The number of benzene rings is 1. The summed E-state index contributed by atoms with van der Waals surface area (Å²) in [4.78, 5) is 0. The van der Waals surface area contributed by atoms with Gasteiger partial charge in [-0.15, -0.1) is 0 Å². The predicted molar refractivity (Wildman–Crippen MR) is 73.3 cm³/mol. The van der Waals surface area contributed by atoms with E-state index in [9.17, 15) is 0 Å². The molecule has 16 heavy (non-hydrogen) atoms. The maximum Gasteiger partial charge on any atom is 0.0409 e. The third kappa shape index (κ3) is 3.41. The van der Waals surface area contributed by atoms with E-state index in [-0.39, 0.29) is 0 Å². The molecule has 1 unspecified atom stereocenters. The Labute approximate surface area is 107 Å². The summed E-state index contributed by atoms with van der Waals surface area (Å²) in [5.41, 5.74) is 1.28. The number of hydrogen-bond acceptors (Lipinski definition) is 2. The van der Waals surface area contributed by atoms with Gasteiger partial charge in [0.2, 0.25) is 0 Å². The van der Waals surface area contributed by atoms with E-state index in [0.717, 1.165) is 5.02 Å². The summed E-state index contributed by atoms with van der Waals surface area (Å²) >= 11 is 8.05. The molecule has 1 aromatic rings. The molecule has 0 radical (unpaired) electrons. The summed E-state index contributed by atoms with van der Waals surface area (Å²) in [5, 5.41) is 4.51. The highest BCUT2D eigenvalue weighted by Gasteiger charge is 2.16. The summed E-state index contributed by atoms with van der Waals surface area (Å²) in [6, 6.07) is 9.18. The van der Waals surface area contributed by atoms with Crippen molar-refractivity contribution in [2.75, 3.05) is 11.5 Å². The summed E-state index contributed by atoms with van der Waals surface area (Å²) in [5.74, 6) is 2.56. The number of thioether (sulfide) groups is 1. The van der Waals surface area contributed by atoms with Gasteiger partial charge < -0.3 is 5.32 Å². The molecule has 2 atom stereocenters. The largest absolute Gasteiger partial charge is 0.307 e. The van der Waals surface area contributed by atoms with E-state index in [0.29, 0.717) is 12.1 Å². The Morgan fingerprint density at radius 3 is 3.06 bits per heavy atom. The molecule has 0 aliphatic carbocycles. The molecular formula is C13H18ClNS. The number of halogens is 1. The van der Waals surface area contributed by atoms with Gasteiger partial charge in [-0.05, 0) is 43.2 Å². The van der Waals surface area contributed by atoms with Crippen molar-refractivity contribution in [1.29, 1.82) is 0 Å². The Balaban J connectivity index is 1.94. The van der Waals surface area contributed by atoms with Crippen LogP contribution in [-0.2, 0) is 0 Å². The normalized spacial score (nSPS) is 23.0. The second-order valence-electron chi connectivity index (χ2n) is 4.36. The molecular weight excluding hydrogens is 238 g/mol. The highest BCUT2D eigenvalue weighted by atomic mass is 35.5. The molecule has 1 nitrogen and oxygen atoms in total. The highest BCUT2D eigenvalue weighted by molar-refractivity contribution is 7.99. The van der Waals surface area contributed by atoms with Gasteiger partial charge in [-0.1, -0.05) is 23.7 Å². The molecule has 0 amide bonds. The lowest BCUT2D eigenvalue weighted by atomic mass is 10.1. The van der Waals surface area contributed by atoms with Gasteiger partial charge in [-0.25, -0.2) is 0 Å². The summed E-state index contributed by atoms with van der Waals surface area (Å²) < 4.78 is 0. The van der Waals surface area contributed by atoms with Crippen LogP contribution in [0.3, 0.4) is 0 Å². The fraction of sp³-hybridized carbons (Fsp3) is 0.538. The standard InChI is InChI=1S/C13H18ClNS/c1-10(11-4-2-5-12(14)8-11)15-13-6-3-7-16-9-13/h2,4-5,8,10,13,15H,3,6-7,9H2,1H3/t10-,13?/m1/s1. The molecule has 88 valence electrons. The second kappa shape index (κ2) is 5.95. The Morgan fingerprint density at radius 2 is 2.38 bits per heavy atom. The zero-order chi connectivity index (χ0) is 11.4. The van der Waals surface area contributed by atoms with Crippen LogP contribution in [0.2, 0.25) is 5.02 Å². The van der Waals surface area contributed by atoms with Crippen LogP contribution in [0, 0.1) is 0 Å². The summed E-state index contributed by atoms with van der Waals surface area (Å²) in [6.45, 7) is 2.21. The number of hydrogen-bond donors (Lipinski definition) is 1. The van der Waals surface area contributed by atoms with Crippen molar-refractivity contribution in [3.63, 3.8) is 0 Å². The molecule has 1 aromatic carbocycles. The van der Waals surface area contributed by atoms with Gasteiger partial charge in [0.1, 0.15) is 0 Å². The van der Waals surface area contributed by atoms with E-state index in [1.165, 1.54) is 29.9 Å². The fourth-order valence-corrected chi connectivity index (χ4v) is 3.38. The van der Waals surface area contributed by atoms with Crippen LogP contribution in [-0.4, -0.2) is 17.5 Å². The van der Waals surface area contributed by atoms with Crippen molar-refractivity contribution in [3.05, 3.63) is 34.9 Å². The van der Waals surface area contributed by atoms with Gasteiger partial charge in [-0.3, -0.25) is 0 Å². The zero-order valence-corrected chi connectivity index (χ0v) is 11.2. The van der Waals surface area contributed by atoms with Crippen molar-refractivity contribution in [3.8, 4) is 0 Å². The topological polar surface area (TPSA) is 12.0 Å². The Bertz CT molecular complexity index is 336. The first kappa shape index (κ1) is 12.3. The molecule has 0 spiro atoms. The lowest BCUT2D eigenvalue weighted by Crippen LogP contribution is -2.35. The molecule has 3 heteroatoms. The van der Waals surface area contributed by atoms with Gasteiger partial charge in [0.05, 0.1) is 0 Å². The van der Waals surface area contributed by atoms with Crippen molar-refractivity contribution in [2.45, 2.75) is 31.8 Å². The van der Waals surface area contributed by atoms with Gasteiger partial charge in [0, 0.05) is 22.9 Å². The van der Waals surface area contributed by atoms with Crippen molar-refractivity contribution >= 4 is 23.4 Å². The third-order valence-corrected chi connectivity index (χ3v) is 4.45. The maximum atomic E-state index is 6.00. The molecule has 1 heterocycles. The van der Waals surface area contributed by atoms with Crippen LogP contribution >= 0.6 is 23.4 Å². The van der Waals surface area contributed by atoms with Crippen molar-refractivity contribution < 1.29 is 0 Å². The minimum atomic E-state index is 0.391. The van der Waals surface area contributed by atoms with Gasteiger partial charge in [0.25, 0.3) is 0 Å². The molecule has 2 rings (SSSR count). The zero-order valence-electron chi connectivity index (χ0n) is 9.58. The van der Waals surface area contributed by atoms with E-state index >= 15 is 0 Å². The van der Waals surface area contributed by atoms with E-state index in [2.05, 4.69) is 36.1 Å². The molecule has 1 aliphatic rings. The van der Waals surface area contributed by atoms with E-state index in [1.807, 2.05) is 12.1 Å². The van der Waals surface area contributed by atoms with Crippen molar-refractivity contribution in [1.82, 2.24) is 5.32 Å². The van der Waals surface area contributed by atoms with Gasteiger partial charge in [0.15, 0.2) is 0 Å². The monoisotopic (exact) mass is 255 g/mol. The summed E-state index contributed by atoms with van der Waals surface area (Å²) in [6.07, 6.45) is 2.64. The van der Waals surface area contributed by atoms with Crippen LogP contribution in [0.4, 0.5) is 0 Å². The SMILES string of the molecule is C[C@@H](NC1CCCSC1)c1cccc(Cl)c1. The highest BCUT2D eigenvalue weighted by Crippen LogP contribution is 2.22. The van der Waals surface area contributed by atoms with Crippen LogP contribution in [0.15, 0.2) is 24.3 Å². The minimum Gasteiger partial charge on any atom is -0.307 e. The first-order valence-corrected chi connectivity index (χ1v) is 7.38. The summed E-state index contributed by atoms with van der Waals surface area (Å²) in [7, 11) is 0. The van der Waals surface area contributed by atoms with E-state index < -0.39 is 0 Å². The lowest BCUT2D eigenvalue weighted by Gasteiger charge is -2.26. The third-order valence-electron chi connectivity index (χ3n) is 2.99. The molecule has 1 N–H and O–H groups in total. The quantitative estimate of drug-likeness (QED) is 0.880. The average molecular weight is 256 g/mol. The number of nitrogens with one attached hydrogen (secondary N) is 1. The number of rotatable bonds is 3. The lowest BCUT2D eigenvalue weighted by molar-refractivity contribution is 0.453. The molecule has 1 aliphatic heterocycles. The van der Waals surface area contributed by atoms with Gasteiger partial charge in [-0.2, -0.15) is 11.8 Å². The van der Waals surface area contributed by atoms with Gasteiger partial charge >= 0.3 is 0 Å². The van der Waals surface area contributed by atoms with E-state index in [1.54, 1.807) is 0 Å². The Hall–Kier alpha value is -0.180. The average Bonchev–Trinajstić information content (AvgIpc) is 2.30. The van der Waals surface area contributed by atoms with Crippen molar-refractivity contribution in [2.24, 2.45) is 0 Å². The van der Waals surface area contributed by atoms with Crippen LogP contribution in [0.5, 0.6) is 0 Å².